The summed E-state index contributed by atoms with van der Waals surface area (Å²) in [6.45, 7) is 9.02. The summed E-state index contributed by atoms with van der Waals surface area (Å²) in [4.78, 5) is 6.74. The number of hydrogen-bond donors (Lipinski definition) is 0. The van der Waals surface area contributed by atoms with E-state index in [1.54, 1.807) is 0 Å². The standard InChI is InChI=1S/C18H24FN7/c1-18(2,3)26-17(21-22-23-26)11-24-8-6-14(7-9-24)25-12-20-15-10-13(19)4-5-16(15)25/h4-5,10,12,14H,6-9,11H2,1-3H3. The number of imidazole rings is 1. The van der Waals surface area contributed by atoms with Gasteiger partial charge in [-0.1, -0.05) is 0 Å². The molecule has 0 unspecified atom stereocenters. The van der Waals surface area contributed by atoms with Crippen LogP contribution >= 0.6 is 0 Å². The van der Waals surface area contributed by atoms with E-state index in [1.807, 2.05) is 17.1 Å². The second-order valence-electron chi connectivity index (χ2n) is 7.97. The van der Waals surface area contributed by atoms with E-state index in [1.165, 1.54) is 12.1 Å². The van der Waals surface area contributed by atoms with Gasteiger partial charge in [0.15, 0.2) is 5.82 Å². The van der Waals surface area contributed by atoms with Crippen molar-refractivity contribution >= 4 is 11.0 Å². The van der Waals surface area contributed by atoms with E-state index in [2.05, 4.69) is 50.7 Å². The van der Waals surface area contributed by atoms with E-state index in [0.717, 1.165) is 49.3 Å². The molecule has 3 aromatic rings. The minimum atomic E-state index is -0.242. The van der Waals surface area contributed by atoms with Gasteiger partial charge in [0.1, 0.15) is 5.82 Å². The molecule has 1 aliphatic heterocycles. The molecule has 1 aromatic carbocycles. The molecule has 26 heavy (non-hydrogen) atoms. The van der Waals surface area contributed by atoms with Gasteiger partial charge in [-0.25, -0.2) is 14.1 Å². The Bertz CT molecular complexity index is 900. The Morgan fingerprint density at radius 1 is 1.19 bits per heavy atom. The monoisotopic (exact) mass is 357 g/mol. The Labute approximate surface area is 151 Å². The van der Waals surface area contributed by atoms with Gasteiger partial charge in [-0.2, -0.15) is 0 Å². The summed E-state index contributed by atoms with van der Waals surface area (Å²) >= 11 is 0. The molecule has 8 heteroatoms. The molecule has 0 bridgehead atoms. The number of benzene rings is 1. The topological polar surface area (TPSA) is 64.7 Å². The first-order chi connectivity index (χ1) is 12.4. The lowest BCUT2D eigenvalue weighted by Crippen LogP contribution is -2.36. The number of halogens is 1. The smallest absolute Gasteiger partial charge is 0.165 e. The van der Waals surface area contributed by atoms with E-state index in [4.69, 9.17) is 0 Å². The maximum absolute atomic E-state index is 13.4. The Morgan fingerprint density at radius 3 is 2.69 bits per heavy atom. The summed E-state index contributed by atoms with van der Waals surface area (Å²) < 4.78 is 17.4. The van der Waals surface area contributed by atoms with E-state index in [9.17, 15) is 4.39 Å². The molecule has 0 saturated carbocycles. The van der Waals surface area contributed by atoms with Gasteiger partial charge in [-0.15, -0.1) is 5.10 Å². The third kappa shape index (κ3) is 3.21. The van der Waals surface area contributed by atoms with Crippen LogP contribution in [-0.4, -0.2) is 47.7 Å². The van der Waals surface area contributed by atoms with Crippen molar-refractivity contribution in [3.8, 4) is 0 Å². The summed E-state index contributed by atoms with van der Waals surface area (Å²) in [5.41, 5.74) is 1.60. The second-order valence-corrected chi connectivity index (χ2v) is 7.97. The van der Waals surface area contributed by atoms with Crippen LogP contribution < -0.4 is 0 Å². The van der Waals surface area contributed by atoms with E-state index < -0.39 is 0 Å². The molecule has 0 amide bonds. The third-order valence-electron chi connectivity index (χ3n) is 5.02. The molecule has 0 N–H and O–H groups in total. The first-order valence-corrected chi connectivity index (χ1v) is 9.04. The molecule has 1 fully saturated rings. The molecule has 1 saturated heterocycles. The number of fused-ring (bicyclic) bond motifs is 1. The fraction of sp³-hybridized carbons (Fsp3) is 0.556. The molecule has 4 rings (SSSR count). The van der Waals surface area contributed by atoms with Crippen LogP contribution in [0.3, 0.4) is 0 Å². The van der Waals surface area contributed by atoms with Gasteiger partial charge in [0.05, 0.1) is 29.4 Å². The van der Waals surface area contributed by atoms with Crippen LogP contribution in [0.15, 0.2) is 24.5 Å². The van der Waals surface area contributed by atoms with Gasteiger partial charge in [0, 0.05) is 25.2 Å². The summed E-state index contributed by atoms with van der Waals surface area (Å²) in [6, 6.07) is 5.21. The average molecular weight is 357 g/mol. The van der Waals surface area contributed by atoms with Crippen molar-refractivity contribution < 1.29 is 4.39 Å². The van der Waals surface area contributed by atoms with Crippen LogP contribution in [0.5, 0.6) is 0 Å². The molecule has 1 aliphatic rings. The lowest BCUT2D eigenvalue weighted by Gasteiger charge is -2.33. The summed E-state index contributed by atoms with van der Waals surface area (Å²) in [5, 5.41) is 12.2. The lowest BCUT2D eigenvalue weighted by atomic mass is 10.0. The van der Waals surface area contributed by atoms with Crippen LogP contribution in [0.2, 0.25) is 0 Å². The summed E-state index contributed by atoms with van der Waals surface area (Å²) in [6.07, 6.45) is 3.89. The Kier molecular flexibility index (Phi) is 4.22. The van der Waals surface area contributed by atoms with Gasteiger partial charge >= 0.3 is 0 Å². The number of piperidine rings is 1. The predicted molar refractivity (Wildman–Crippen MR) is 96.1 cm³/mol. The molecule has 0 radical (unpaired) electrons. The van der Waals surface area contributed by atoms with Gasteiger partial charge in [0.25, 0.3) is 0 Å². The van der Waals surface area contributed by atoms with Crippen LogP contribution in [-0.2, 0) is 12.1 Å². The van der Waals surface area contributed by atoms with Crippen molar-refractivity contribution in [3.05, 3.63) is 36.2 Å². The van der Waals surface area contributed by atoms with Gasteiger partial charge < -0.3 is 4.57 Å². The largest absolute Gasteiger partial charge is 0.327 e. The van der Waals surface area contributed by atoms with E-state index in [-0.39, 0.29) is 11.4 Å². The van der Waals surface area contributed by atoms with Crippen molar-refractivity contribution in [1.29, 1.82) is 0 Å². The Balaban J connectivity index is 1.44. The molecular formula is C18H24FN7. The molecule has 138 valence electrons. The van der Waals surface area contributed by atoms with Crippen molar-refractivity contribution in [2.24, 2.45) is 0 Å². The van der Waals surface area contributed by atoms with Crippen molar-refractivity contribution in [2.75, 3.05) is 13.1 Å². The fourth-order valence-corrected chi connectivity index (χ4v) is 3.68. The minimum Gasteiger partial charge on any atom is -0.327 e. The average Bonchev–Trinajstić information content (AvgIpc) is 3.21. The predicted octanol–water partition coefficient (Wildman–Crippen LogP) is 2.75. The summed E-state index contributed by atoms with van der Waals surface area (Å²) in [7, 11) is 0. The zero-order valence-electron chi connectivity index (χ0n) is 15.4. The van der Waals surface area contributed by atoms with Crippen LogP contribution in [0, 0.1) is 5.82 Å². The maximum Gasteiger partial charge on any atom is 0.165 e. The number of likely N-dealkylation sites (tertiary alicyclic amines) is 1. The van der Waals surface area contributed by atoms with Gasteiger partial charge in [-0.05, 0) is 56.2 Å². The molecule has 0 atom stereocenters. The molecule has 7 nitrogen and oxygen atoms in total. The van der Waals surface area contributed by atoms with Crippen LogP contribution in [0.1, 0.15) is 45.5 Å². The first-order valence-electron chi connectivity index (χ1n) is 9.04. The zero-order valence-corrected chi connectivity index (χ0v) is 15.4. The van der Waals surface area contributed by atoms with Gasteiger partial charge in [-0.3, -0.25) is 4.90 Å². The number of nitrogens with zero attached hydrogens (tertiary/aromatic N) is 7. The highest BCUT2D eigenvalue weighted by Gasteiger charge is 2.25. The Hall–Kier alpha value is -2.35. The SMILES string of the molecule is CC(C)(C)n1nnnc1CN1CCC(n2cnc3cc(F)ccc32)CC1. The van der Waals surface area contributed by atoms with E-state index >= 15 is 0 Å². The normalized spacial score (nSPS) is 17.2. The highest BCUT2D eigenvalue weighted by Crippen LogP contribution is 2.27. The van der Waals surface area contributed by atoms with Crippen LogP contribution in [0.25, 0.3) is 11.0 Å². The fourth-order valence-electron chi connectivity index (χ4n) is 3.68. The minimum absolute atomic E-state index is 0.123. The lowest BCUT2D eigenvalue weighted by molar-refractivity contribution is 0.170. The van der Waals surface area contributed by atoms with E-state index in [0.29, 0.717) is 6.04 Å². The molecule has 2 aromatic heterocycles. The molecule has 0 aliphatic carbocycles. The Morgan fingerprint density at radius 2 is 1.96 bits per heavy atom. The van der Waals surface area contributed by atoms with Crippen molar-refractivity contribution in [3.63, 3.8) is 0 Å². The second kappa shape index (κ2) is 6.42. The number of tetrazole rings is 1. The van der Waals surface area contributed by atoms with Crippen molar-refractivity contribution in [1.82, 2.24) is 34.7 Å². The number of rotatable bonds is 3. The summed E-state index contributed by atoms with van der Waals surface area (Å²) in [5.74, 6) is 0.661. The van der Waals surface area contributed by atoms with Crippen LogP contribution in [0.4, 0.5) is 4.39 Å². The van der Waals surface area contributed by atoms with Gasteiger partial charge in [0.2, 0.25) is 0 Å². The molecule has 0 spiro atoms. The van der Waals surface area contributed by atoms with Crippen molar-refractivity contribution in [2.45, 2.75) is 51.7 Å². The molecular weight excluding hydrogens is 333 g/mol. The highest BCUT2D eigenvalue weighted by atomic mass is 19.1. The highest BCUT2D eigenvalue weighted by molar-refractivity contribution is 5.75. The first kappa shape index (κ1) is 17.1. The number of aromatic nitrogens is 6. The quantitative estimate of drug-likeness (QED) is 0.721. The zero-order chi connectivity index (χ0) is 18.3. The third-order valence-corrected chi connectivity index (χ3v) is 5.02. The molecule has 3 heterocycles. The maximum atomic E-state index is 13.4. The number of hydrogen-bond acceptors (Lipinski definition) is 5.